The number of benzene rings is 1. The quantitative estimate of drug-likeness (QED) is 0.758. The van der Waals surface area contributed by atoms with Crippen LogP contribution in [-0.2, 0) is 6.42 Å². The molecule has 0 bridgehead atoms. The molecule has 0 aliphatic heterocycles. The number of rotatable bonds is 5. The van der Waals surface area contributed by atoms with Crippen molar-refractivity contribution in [2.24, 2.45) is 0 Å². The van der Waals surface area contributed by atoms with Crippen LogP contribution >= 0.6 is 22.7 Å². The van der Waals surface area contributed by atoms with Gasteiger partial charge in [-0.05, 0) is 29.5 Å². The predicted molar refractivity (Wildman–Crippen MR) is 88.2 cm³/mol. The summed E-state index contributed by atoms with van der Waals surface area (Å²) in [6.07, 6.45) is 0.628. The molecule has 2 heterocycles. The van der Waals surface area contributed by atoms with Crippen molar-refractivity contribution < 1.29 is 9.90 Å². The third-order valence-electron chi connectivity index (χ3n) is 3.24. The van der Waals surface area contributed by atoms with Gasteiger partial charge in [-0.15, -0.1) is 22.7 Å². The summed E-state index contributed by atoms with van der Waals surface area (Å²) in [5.74, 6) is -0.113. The van der Waals surface area contributed by atoms with Crippen LogP contribution in [0, 0.1) is 0 Å². The van der Waals surface area contributed by atoms with Gasteiger partial charge in [0, 0.05) is 9.40 Å². The van der Waals surface area contributed by atoms with Crippen molar-refractivity contribution in [3.8, 4) is 0 Å². The van der Waals surface area contributed by atoms with E-state index >= 15 is 0 Å². The highest BCUT2D eigenvalue weighted by Gasteiger charge is 2.16. The average molecular weight is 317 g/mol. The summed E-state index contributed by atoms with van der Waals surface area (Å²) in [7, 11) is 0. The van der Waals surface area contributed by atoms with Gasteiger partial charge in [0.2, 0.25) is 0 Å². The molecule has 0 saturated carbocycles. The fourth-order valence-electron chi connectivity index (χ4n) is 2.19. The van der Waals surface area contributed by atoms with Gasteiger partial charge < -0.3 is 10.4 Å². The van der Waals surface area contributed by atoms with Crippen molar-refractivity contribution in [2.45, 2.75) is 12.5 Å². The van der Waals surface area contributed by atoms with Gasteiger partial charge in [-0.2, -0.15) is 0 Å². The molecule has 3 aromatic rings. The molecule has 2 N–H and O–H groups in total. The Labute approximate surface area is 130 Å². The number of thiophene rings is 2. The molecular weight excluding hydrogens is 302 g/mol. The molecule has 0 aliphatic carbocycles. The Morgan fingerprint density at radius 1 is 1.19 bits per heavy atom. The zero-order valence-corrected chi connectivity index (χ0v) is 12.9. The summed E-state index contributed by atoms with van der Waals surface area (Å²) in [5, 5.41) is 14.4. The Balaban J connectivity index is 1.68. The van der Waals surface area contributed by atoms with E-state index in [4.69, 9.17) is 0 Å². The first-order valence-electron chi connectivity index (χ1n) is 6.69. The number of aliphatic hydroxyl groups is 1. The summed E-state index contributed by atoms with van der Waals surface area (Å²) in [4.78, 5) is 13.0. The Morgan fingerprint density at radius 2 is 2.00 bits per heavy atom. The van der Waals surface area contributed by atoms with E-state index < -0.39 is 0 Å². The lowest BCUT2D eigenvalue weighted by molar-refractivity contribution is 0.0920. The fourth-order valence-corrected chi connectivity index (χ4v) is 4.21. The van der Waals surface area contributed by atoms with Crippen LogP contribution in [0.4, 0.5) is 0 Å². The van der Waals surface area contributed by atoms with Gasteiger partial charge in [-0.25, -0.2) is 0 Å². The predicted octanol–water partition coefficient (Wildman–Crippen LogP) is 3.30. The van der Waals surface area contributed by atoms with Crippen molar-refractivity contribution in [1.29, 1.82) is 0 Å². The minimum Gasteiger partial charge on any atom is -0.394 e. The Kier molecular flexibility index (Phi) is 4.34. The number of carbonyl (C=O) groups is 1. The standard InChI is InChI=1S/C16H15NO2S2/c18-10-12(8-11-4-2-1-3-5-11)17-16(19)15-9-14-13(21-15)6-7-20-14/h1-7,9,12,18H,8,10H2,(H,17,19)/t12-/m1/s1. The smallest absolute Gasteiger partial charge is 0.261 e. The van der Waals surface area contributed by atoms with Gasteiger partial charge in [0.15, 0.2) is 0 Å². The number of carbonyl (C=O) groups excluding carboxylic acids is 1. The molecule has 1 amide bonds. The van der Waals surface area contributed by atoms with Crippen LogP contribution < -0.4 is 5.32 Å². The van der Waals surface area contributed by atoms with E-state index in [-0.39, 0.29) is 18.6 Å². The van der Waals surface area contributed by atoms with E-state index in [1.807, 2.05) is 47.8 Å². The number of nitrogens with one attached hydrogen (secondary N) is 1. The van der Waals surface area contributed by atoms with Crippen LogP contribution in [0.15, 0.2) is 47.8 Å². The molecule has 0 unspecified atom stereocenters. The number of hydrogen-bond acceptors (Lipinski definition) is 4. The molecular formula is C16H15NO2S2. The van der Waals surface area contributed by atoms with Crippen LogP contribution in [0.1, 0.15) is 15.2 Å². The molecule has 0 fully saturated rings. The molecule has 1 aromatic carbocycles. The van der Waals surface area contributed by atoms with E-state index in [9.17, 15) is 9.90 Å². The van der Waals surface area contributed by atoms with Crippen molar-refractivity contribution in [2.75, 3.05) is 6.61 Å². The number of fused-ring (bicyclic) bond motifs is 1. The second-order valence-corrected chi connectivity index (χ2v) is 6.83. The van der Waals surface area contributed by atoms with Crippen molar-refractivity contribution in [1.82, 2.24) is 5.32 Å². The monoisotopic (exact) mass is 317 g/mol. The molecule has 108 valence electrons. The van der Waals surface area contributed by atoms with E-state index in [0.29, 0.717) is 11.3 Å². The Morgan fingerprint density at radius 3 is 2.71 bits per heavy atom. The van der Waals surface area contributed by atoms with Crippen LogP contribution in [-0.4, -0.2) is 23.7 Å². The minimum atomic E-state index is -0.264. The first-order valence-corrected chi connectivity index (χ1v) is 8.38. The Hall–Kier alpha value is -1.69. The van der Waals surface area contributed by atoms with E-state index in [0.717, 1.165) is 15.0 Å². The average Bonchev–Trinajstić information content (AvgIpc) is 3.08. The summed E-state index contributed by atoms with van der Waals surface area (Å²) < 4.78 is 2.27. The van der Waals surface area contributed by atoms with Crippen molar-refractivity contribution in [3.05, 3.63) is 58.3 Å². The molecule has 2 aromatic heterocycles. The zero-order chi connectivity index (χ0) is 14.7. The van der Waals surface area contributed by atoms with Gasteiger partial charge in [-0.1, -0.05) is 30.3 Å². The first kappa shape index (κ1) is 14.3. The third-order valence-corrected chi connectivity index (χ3v) is 5.34. The summed E-state index contributed by atoms with van der Waals surface area (Å²) >= 11 is 3.12. The highest BCUT2D eigenvalue weighted by atomic mass is 32.1. The normalized spacial score (nSPS) is 12.4. The SMILES string of the molecule is O=C(N[C@@H](CO)Cc1ccccc1)c1cc2sccc2s1. The molecule has 0 spiro atoms. The molecule has 0 radical (unpaired) electrons. The van der Waals surface area contributed by atoms with E-state index in [2.05, 4.69) is 5.32 Å². The second-order valence-electron chi connectivity index (χ2n) is 4.80. The second kappa shape index (κ2) is 6.39. The fraction of sp³-hybridized carbons (Fsp3) is 0.188. The third kappa shape index (κ3) is 3.32. The Bertz CT molecular complexity index is 704. The van der Waals surface area contributed by atoms with Gasteiger partial charge in [0.25, 0.3) is 5.91 Å². The van der Waals surface area contributed by atoms with Gasteiger partial charge in [-0.3, -0.25) is 4.79 Å². The van der Waals surface area contributed by atoms with Crippen LogP contribution in [0.5, 0.6) is 0 Å². The molecule has 0 aliphatic rings. The lowest BCUT2D eigenvalue weighted by atomic mass is 10.1. The van der Waals surface area contributed by atoms with Crippen LogP contribution in [0.3, 0.4) is 0 Å². The minimum absolute atomic E-state index is 0.0691. The maximum Gasteiger partial charge on any atom is 0.261 e. The number of aliphatic hydroxyl groups excluding tert-OH is 1. The lowest BCUT2D eigenvalue weighted by Crippen LogP contribution is -2.38. The number of amides is 1. The van der Waals surface area contributed by atoms with Gasteiger partial charge in [0.05, 0.1) is 17.5 Å². The van der Waals surface area contributed by atoms with Crippen molar-refractivity contribution >= 4 is 38.0 Å². The first-order chi connectivity index (χ1) is 10.3. The summed E-state index contributed by atoms with van der Waals surface area (Å²) in [6.45, 7) is -0.0691. The van der Waals surface area contributed by atoms with Crippen LogP contribution in [0.25, 0.3) is 9.40 Å². The molecule has 21 heavy (non-hydrogen) atoms. The molecule has 3 rings (SSSR count). The van der Waals surface area contributed by atoms with Crippen molar-refractivity contribution in [3.63, 3.8) is 0 Å². The van der Waals surface area contributed by atoms with Gasteiger partial charge >= 0.3 is 0 Å². The maximum absolute atomic E-state index is 12.3. The van der Waals surface area contributed by atoms with E-state index in [1.54, 1.807) is 11.3 Å². The lowest BCUT2D eigenvalue weighted by Gasteiger charge is -2.15. The topological polar surface area (TPSA) is 49.3 Å². The zero-order valence-electron chi connectivity index (χ0n) is 11.3. The summed E-state index contributed by atoms with van der Waals surface area (Å²) in [5.41, 5.74) is 1.10. The molecule has 3 nitrogen and oxygen atoms in total. The largest absolute Gasteiger partial charge is 0.394 e. The highest BCUT2D eigenvalue weighted by Crippen LogP contribution is 2.29. The number of hydrogen-bond donors (Lipinski definition) is 2. The summed E-state index contributed by atoms with van der Waals surface area (Å²) in [6, 6.07) is 13.5. The molecule has 1 atom stereocenters. The maximum atomic E-state index is 12.3. The van der Waals surface area contributed by atoms with E-state index in [1.165, 1.54) is 11.3 Å². The molecule has 5 heteroatoms. The molecule has 0 saturated heterocycles. The van der Waals surface area contributed by atoms with Crippen LogP contribution in [0.2, 0.25) is 0 Å². The highest BCUT2D eigenvalue weighted by molar-refractivity contribution is 7.27. The van der Waals surface area contributed by atoms with Gasteiger partial charge in [0.1, 0.15) is 0 Å².